The van der Waals surface area contributed by atoms with E-state index in [1.54, 1.807) is 60.6 Å². The summed E-state index contributed by atoms with van der Waals surface area (Å²) in [7, 11) is 1.73. The van der Waals surface area contributed by atoms with Crippen LogP contribution in [0, 0.1) is 18.3 Å². The number of ether oxygens (including phenoxy) is 1. The minimum absolute atomic E-state index is 0.120. The van der Waals surface area contributed by atoms with Crippen molar-refractivity contribution in [1.29, 1.82) is 5.26 Å². The average Bonchev–Trinajstić information content (AvgIpc) is 3.45. The highest BCUT2D eigenvalue weighted by molar-refractivity contribution is 7.07. The van der Waals surface area contributed by atoms with Gasteiger partial charge in [0, 0.05) is 12.4 Å². The third-order valence-corrected chi connectivity index (χ3v) is 5.85. The number of benzene rings is 2. The minimum atomic E-state index is -0.655. The van der Waals surface area contributed by atoms with Crippen molar-refractivity contribution >= 4 is 29.0 Å². The van der Waals surface area contributed by atoms with Crippen LogP contribution in [0.1, 0.15) is 17.0 Å². The van der Waals surface area contributed by atoms with Crippen LogP contribution >= 0.6 is 11.3 Å². The lowest BCUT2D eigenvalue weighted by molar-refractivity contribution is -0.112. The average molecular weight is 472 g/mol. The van der Waals surface area contributed by atoms with Crippen molar-refractivity contribution in [2.75, 3.05) is 5.32 Å². The van der Waals surface area contributed by atoms with Crippen LogP contribution in [0.2, 0.25) is 0 Å². The predicted octanol–water partition coefficient (Wildman–Crippen LogP) is 4.07. The number of amides is 1. The van der Waals surface area contributed by atoms with E-state index in [0.717, 1.165) is 5.69 Å². The van der Waals surface area contributed by atoms with E-state index in [-0.39, 0.29) is 16.8 Å². The number of hydrogen-bond acceptors (Lipinski definition) is 6. The Morgan fingerprint density at radius 3 is 2.59 bits per heavy atom. The molecular weight excluding hydrogens is 450 g/mol. The molecule has 4 aromatic rings. The van der Waals surface area contributed by atoms with Gasteiger partial charge in [0.2, 0.25) is 0 Å². The lowest BCUT2D eigenvalue weighted by atomic mass is 10.1. The highest BCUT2D eigenvalue weighted by Crippen LogP contribution is 2.18. The van der Waals surface area contributed by atoms with Crippen LogP contribution < -0.4 is 15.6 Å². The molecule has 0 fully saturated rings. The van der Waals surface area contributed by atoms with E-state index in [4.69, 9.17) is 4.74 Å². The molecule has 1 amide bonds. The van der Waals surface area contributed by atoms with Crippen LogP contribution in [0.4, 0.5) is 5.69 Å². The molecule has 0 atom stereocenters. The second-order valence-corrected chi connectivity index (χ2v) is 8.12. The summed E-state index contributed by atoms with van der Waals surface area (Å²) >= 11 is 1.50. The summed E-state index contributed by atoms with van der Waals surface area (Å²) in [5, 5.41) is 14.1. The molecule has 2 aromatic carbocycles. The highest BCUT2D eigenvalue weighted by atomic mass is 32.1. The molecule has 34 heavy (non-hydrogen) atoms. The maximum Gasteiger partial charge on any atom is 0.295 e. The molecule has 0 radical (unpaired) electrons. The Labute approximate surface area is 200 Å². The van der Waals surface area contributed by atoms with E-state index in [2.05, 4.69) is 10.3 Å². The fraction of sp³-hybridized carbons (Fsp3) is 0.120. The molecule has 2 aromatic heterocycles. The molecule has 170 valence electrons. The Hall–Kier alpha value is -4.42. The van der Waals surface area contributed by atoms with Crippen molar-refractivity contribution in [3.05, 3.63) is 98.4 Å². The van der Waals surface area contributed by atoms with E-state index >= 15 is 0 Å². The summed E-state index contributed by atoms with van der Waals surface area (Å²) in [6, 6.07) is 18.0. The van der Waals surface area contributed by atoms with Gasteiger partial charge < -0.3 is 10.1 Å². The molecule has 4 rings (SSSR count). The van der Waals surface area contributed by atoms with Gasteiger partial charge in [0.15, 0.2) is 0 Å². The zero-order valence-electron chi connectivity index (χ0n) is 18.6. The fourth-order valence-electron chi connectivity index (χ4n) is 3.33. The van der Waals surface area contributed by atoms with Crippen molar-refractivity contribution in [3.8, 4) is 17.5 Å². The van der Waals surface area contributed by atoms with Gasteiger partial charge in [0.05, 0.1) is 22.6 Å². The number of aromatic nitrogens is 3. The van der Waals surface area contributed by atoms with E-state index in [9.17, 15) is 14.9 Å². The standard InChI is InChI=1S/C25H21N5O3S/c1-17-23(25(32)30(29(17)2)21-6-4-3-5-7-21)28-24(31)19(13-26)12-18-8-10-22(11-9-18)33-14-20-15-34-16-27-20/h3-12,15-16H,14H2,1-2H3,(H,28,31)/b19-12+. The van der Waals surface area contributed by atoms with Gasteiger partial charge in [-0.2, -0.15) is 5.26 Å². The molecule has 0 saturated heterocycles. The molecule has 0 aliphatic rings. The Morgan fingerprint density at radius 2 is 1.94 bits per heavy atom. The quantitative estimate of drug-likeness (QED) is 0.323. The summed E-state index contributed by atoms with van der Waals surface area (Å²) in [6.07, 6.45) is 1.47. The Kier molecular flexibility index (Phi) is 6.71. The van der Waals surface area contributed by atoms with Crippen molar-refractivity contribution in [2.45, 2.75) is 13.5 Å². The predicted molar refractivity (Wildman–Crippen MR) is 131 cm³/mol. The summed E-state index contributed by atoms with van der Waals surface area (Å²) < 4.78 is 8.80. The topological polar surface area (TPSA) is 102 Å². The van der Waals surface area contributed by atoms with Gasteiger partial charge in [0.1, 0.15) is 29.7 Å². The first-order valence-electron chi connectivity index (χ1n) is 10.3. The third kappa shape index (κ3) is 4.82. The first-order valence-corrected chi connectivity index (χ1v) is 11.3. The van der Waals surface area contributed by atoms with Crippen LogP contribution in [0.5, 0.6) is 5.75 Å². The second-order valence-electron chi connectivity index (χ2n) is 7.40. The molecular formula is C25H21N5O3S. The molecule has 0 unspecified atom stereocenters. The lowest BCUT2D eigenvalue weighted by Gasteiger charge is -2.07. The Bertz CT molecular complexity index is 1430. The molecule has 1 N–H and O–H groups in total. The van der Waals surface area contributed by atoms with Crippen molar-refractivity contribution in [2.24, 2.45) is 7.05 Å². The minimum Gasteiger partial charge on any atom is -0.487 e. The zero-order valence-corrected chi connectivity index (χ0v) is 19.4. The highest BCUT2D eigenvalue weighted by Gasteiger charge is 2.19. The molecule has 8 nitrogen and oxygen atoms in total. The van der Waals surface area contributed by atoms with Crippen LogP contribution in [-0.2, 0) is 18.4 Å². The van der Waals surface area contributed by atoms with Crippen LogP contribution in [0.15, 0.2) is 75.9 Å². The molecule has 9 heteroatoms. The maximum atomic E-state index is 13.0. The summed E-state index contributed by atoms with van der Waals surface area (Å²) in [6.45, 7) is 2.10. The number of rotatable bonds is 7. The number of nitrogens with zero attached hydrogens (tertiary/aromatic N) is 4. The molecule has 0 aliphatic carbocycles. The van der Waals surface area contributed by atoms with Gasteiger partial charge in [-0.3, -0.25) is 14.3 Å². The van der Waals surface area contributed by atoms with Crippen LogP contribution in [-0.4, -0.2) is 20.3 Å². The molecule has 2 heterocycles. The Balaban J connectivity index is 1.51. The number of nitriles is 1. The maximum absolute atomic E-state index is 13.0. The van der Waals surface area contributed by atoms with Gasteiger partial charge in [-0.15, -0.1) is 11.3 Å². The first kappa shape index (κ1) is 22.8. The summed E-state index contributed by atoms with van der Waals surface area (Å²) in [4.78, 5) is 30.0. The summed E-state index contributed by atoms with van der Waals surface area (Å²) in [5.41, 5.74) is 4.12. The largest absolute Gasteiger partial charge is 0.487 e. The SMILES string of the molecule is Cc1c(NC(=O)/C(C#N)=C/c2ccc(OCc3cscn3)cc2)c(=O)n(-c2ccccc2)n1C. The molecule has 0 aliphatic heterocycles. The van der Waals surface area contributed by atoms with Gasteiger partial charge in [-0.05, 0) is 42.8 Å². The second kappa shape index (κ2) is 10.0. The smallest absolute Gasteiger partial charge is 0.295 e. The van der Waals surface area contributed by atoms with E-state index in [1.165, 1.54) is 22.1 Å². The Morgan fingerprint density at radius 1 is 1.21 bits per heavy atom. The number of carbonyl (C=O) groups is 1. The molecule has 0 spiro atoms. The number of para-hydroxylation sites is 1. The number of thiazole rings is 1. The summed E-state index contributed by atoms with van der Waals surface area (Å²) in [5.74, 6) is -0.00754. The van der Waals surface area contributed by atoms with E-state index < -0.39 is 5.91 Å². The first-order chi connectivity index (χ1) is 16.5. The third-order valence-electron chi connectivity index (χ3n) is 5.22. The van der Waals surface area contributed by atoms with Gasteiger partial charge in [-0.1, -0.05) is 30.3 Å². The van der Waals surface area contributed by atoms with Gasteiger partial charge >= 0.3 is 0 Å². The van der Waals surface area contributed by atoms with Gasteiger partial charge in [-0.25, -0.2) is 9.67 Å². The van der Waals surface area contributed by atoms with Crippen LogP contribution in [0.25, 0.3) is 11.8 Å². The van der Waals surface area contributed by atoms with Crippen molar-refractivity contribution in [1.82, 2.24) is 14.3 Å². The van der Waals surface area contributed by atoms with E-state index in [0.29, 0.717) is 29.3 Å². The van der Waals surface area contributed by atoms with Crippen LogP contribution in [0.3, 0.4) is 0 Å². The number of nitrogens with one attached hydrogen (secondary N) is 1. The number of anilines is 1. The number of carbonyl (C=O) groups excluding carboxylic acids is 1. The zero-order chi connectivity index (χ0) is 24.1. The van der Waals surface area contributed by atoms with Crippen molar-refractivity contribution < 1.29 is 9.53 Å². The molecule has 0 saturated carbocycles. The monoisotopic (exact) mass is 471 g/mol. The molecule has 0 bridgehead atoms. The number of hydrogen-bond donors (Lipinski definition) is 1. The normalized spacial score (nSPS) is 11.1. The van der Waals surface area contributed by atoms with E-state index in [1.807, 2.05) is 29.6 Å². The lowest BCUT2D eigenvalue weighted by Crippen LogP contribution is -2.23. The van der Waals surface area contributed by atoms with Crippen molar-refractivity contribution in [3.63, 3.8) is 0 Å². The fourth-order valence-corrected chi connectivity index (χ4v) is 3.88. The van der Waals surface area contributed by atoms with Gasteiger partial charge in [0.25, 0.3) is 11.5 Å².